The second kappa shape index (κ2) is 5.40. The molecule has 0 saturated carbocycles. The van der Waals surface area contributed by atoms with Crippen molar-refractivity contribution >= 4 is 22.5 Å². The quantitative estimate of drug-likeness (QED) is 0.780. The fraction of sp³-hybridized carbons (Fsp3) is 0.118. The van der Waals surface area contributed by atoms with Crippen LogP contribution in [-0.4, -0.2) is 10.5 Å². The van der Waals surface area contributed by atoms with Crippen molar-refractivity contribution in [2.45, 2.75) is 13.5 Å². The number of rotatable bonds is 3. The monoisotopic (exact) mass is 282 g/mol. The van der Waals surface area contributed by atoms with Gasteiger partial charge < -0.3 is 9.88 Å². The molecule has 0 atom stereocenters. The number of halogens is 1. The first-order valence-electron chi connectivity index (χ1n) is 6.73. The topological polar surface area (TPSA) is 34.0 Å². The van der Waals surface area contributed by atoms with Crippen LogP contribution in [0, 0.1) is 12.7 Å². The highest BCUT2D eigenvalue weighted by Gasteiger charge is 2.09. The zero-order valence-corrected chi connectivity index (χ0v) is 11.6. The first kappa shape index (κ1) is 13.4. The first-order chi connectivity index (χ1) is 10.1. The van der Waals surface area contributed by atoms with Gasteiger partial charge in [0, 0.05) is 11.7 Å². The Balaban J connectivity index is 1.80. The molecule has 1 heterocycles. The summed E-state index contributed by atoms with van der Waals surface area (Å²) in [6.45, 7) is 2.16. The standard InChI is InChI=1S/C17H15FN2O/c1-12-6-7-13-8-9-20(16(13)10-12)11-17(21)19-15-5-3-2-4-14(15)18/h2-10H,11H2,1H3,(H,19,21). The lowest BCUT2D eigenvalue weighted by Crippen LogP contribution is -2.18. The summed E-state index contributed by atoms with van der Waals surface area (Å²) in [5.74, 6) is -0.682. The maximum absolute atomic E-state index is 13.5. The van der Waals surface area contributed by atoms with E-state index in [9.17, 15) is 9.18 Å². The van der Waals surface area contributed by atoms with E-state index in [1.807, 2.05) is 42.0 Å². The van der Waals surface area contributed by atoms with Crippen molar-refractivity contribution < 1.29 is 9.18 Å². The third-order valence-corrected chi connectivity index (χ3v) is 3.39. The van der Waals surface area contributed by atoms with Crippen LogP contribution in [0.5, 0.6) is 0 Å². The highest BCUT2D eigenvalue weighted by Crippen LogP contribution is 2.18. The van der Waals surface area contributed by atoms with Crippen molar-refractivity contribution in [2.24, 2.45) is 0 Å². The Hall–Kier alpha value is -2.62. The van der Waals surface area contributed by atoms with E-state index in [1.54, 1.807) is 18.2 Å². The van der Waals surface area contributed by atoms with Gasteiger partial charge in [-0.25, -0.2) is 4.39 Å². The van der Waals surface area contributed by atoms with E-state index in [0.29, 0.717) is 0 Å². The lowest BCUT2D eigenvalue weighted by atomic mass is 10.2. The maximum Gasteiger partial charge on any atom is 0.244 e. The number of para-hydroxylation sites is 1. The Labute approximate surface area is 122 Å². The van der Waals surface area contributed by atoms with E-state index in [2.05, 4.69) is 5.32 Å². The largest absolute Gasteiger partial charge is 0.338 e. The zero-order chi connectivity index (χ0) is 14.8. The molecule has 21 heavy (non-hydrogen) atoms. The molecule has 0 bridgehead atoms. The summed E-state index contributed by atoms with van der Waals surface area (Å²) in [5.41, 5.74) is 2.34. The molecular weight excluding hydrogens is 267 g/mol. The predicted molar refractivity (Wildman–Crippen MR) is 81.7 cm³/mol. The molecule has 3 rings (SSSR count). The molecule has 106 valence electrons. The van der Waals surface area contributed by atoms with Crippen LogP contribution in [0.25, 0.3) is 10.9 Å². The summed E-state index contributed by atoms with van der Waals surface area (Å²) in [4.78, 5) is 12.1. The predicted octanol–water partition coefficient (Wildman–Crippen LogP) is 3.73. The number of anilines is 1. The lowest BCUT2D eigenvalue weighted by molar-refractivity contribution is -0.116. The minimum Gasteiger partial charge on any atom is -0.338 e. The number of hydrogen-bond donors (Lipinski definition) is 1. The maximum atomic E-state index is 13.5. The molecule has 0 fully saturated rings. The normalized spacial score (nSPS) is 10.8. The SMILES string of the molecule is Cc1ccc2ccn(CC(=O)Nc3ccccc3F)c2c1. The average molecular weight is 282 g/mol. The highest BCUT2D eigenvalue weighted by molar-refractivity contribution is 5.92. The molecule has 1 N–H and O–H groups in total. The zero-order valence-electron chi connectivity index (χ0n) is 11.6. The summed E-state index contributed by atoms with van der Waals surface area (Å²) in [5, 5.41) is 3.68. The number of carbonyl (C=O) groups is 1. The molecule has 0 radical (unpaired) electrons. The Morgan fingerprint density at radius 3 is 2.81 bits per heavy atom. The summed E-state index contributed by atoms with van der Waals surface area (Å²) >= 11 is 0. The number of amides is 1. The fourth-order valence-electron chi connectivity index (χ4n) is 2.34. The third-order valence-electron chi connectivity index (χ3n) is 3.39. The Bertz CT molecular complexity index is 807. The lowest BCUT2D eigenvalue weighted by Gasteiger charge is -2.08. The van der Waals surface area contributed by atoms with E-state index in [-0.39, 0.29) is 18.1 Å². The van der Waals surface area contributed by atoms with E-state index < -0.39 is 5.82 Å². The van der Waals surface area contributed by atoms with Crippen LogP contribution >= 0.6 is 0 Å². The van der Waals surface area contributed by atoms with Gasteiger partial charge in [0.05, 0.1) is 5.69 Å². The molecule has 0 unspecified atom stereocenters. The molecule has 1 aromatic heterocycles. The molecule has 0 aliphatic heterocycles. The van der Waals surface area contributed by atoms with Gasteiger partial charge in [0.25, 0.3) is 0 Å². The van der Waals surface area contributed by atoms with E-state index in [1.165, 1.54) is 6.07 Å². The van der Waals surface area contributed by atoms with Crippen LogP contribution in [0.3, 0.4) is 0 Å². The number of aryl methyl sites for hydroxylation is 1. The molecule has 0 spiro atoms. The van der Waals surface area contributed by atoms with Crippen LogP contribution in [0.15, 0.2) is 54.7 Å². The van der Waals surface area contributed by atoms with Gasteiger partial charge in [-0.1, -0.05) is 24.3 Å². The minimum atomic E-state index is -0.431. The summed E-state index contributed by atoms with van der Waals surface area (Å²) in [7, 11) is 0. The van der Waals surface area contributed by atoms with Gasteiger partial charge in [0.1, 0.15) is 12.4 Å². The van der Waals surface area contributed by atoms with Crippen molar-refractivity contribution in [1.29, 1.82) is 0 Å². The van der Waals surface area contributed by atoms with Gasteiger partial charge in [-0.2, -0.15) is 0 Å². The number of benzene rings is 2. The minimum absolute atomic E-state index is 0.154. The number of carbonyl (C=O) groups excluding carboxylic acids is 1. The molecular formula is C17H15FN2O. The number of nitrogens with one attached hydrogen (secondary N) is 1. The van der Waals surface area contributed by atoms with Gasteiger partial charge in [0.15, 0.2) is 0 Å². The first-order valence-corrected chi connectivity index (χ1v) is 6.73. The molecule has 1 amide bonds. The van der Waals surface area contributed by atoms with Crippen molar-refractivity contribution in [3.05, 3.63) is 66.1 Å². The van der Waals surface area contributed by atoms with Gasteiger partial charge in [-0.15, -0.1) is 0 Å². The van der Waals surface area contributed by atoms with Crippen molar-refractivity contribution in [3.63, 3.8) is 0 Å². The second-order valence-electron chi connectivity index (χ2n) is 5.03. The smallest absolute Gasteiger partial charge is 0.244 e. The van der Waals surface area contributed by atoms with Gasteiger partial charge >= 0.3 is 0 Å². The Morgan fingerprint density at radius 1 is 1.19 bits per heavy atom. The summed E-state index contributed by atoms with van der Waals surface area (Å²) < 4.78 is 15.4. The average Bonchev–Trinajstić information content (AvgIpc) is 2.84. The second-order valence-corrected chi connectivity index (χ2v) is 5.03. The van der Waals surface area contributed by atoms with Crippen LogP contribution < -0.4 is 5.32 Å². The van der Waals surface area contributed by atoms with Crippen molar-refractivity contribution in [3.8, 4) is 0 Å². The van der Waals surface area contributed by atoms with Crippen LogP contribution in [0.1, 0.15) is 5.56 Å². The molecule has 2 aromatic carbocycles. The number of aromatic nitrogens is 1. The fourth-order valence-corrected chi connectivity index (χ4v) is 2.34. The molecule has 3 aromatic rings. The Kier molecular flexibility index (Phi) is 3.44. The van der Waals surface area contributed by atoms with Crippen LogP contribution in [0.2, 0.25) is 0 Å². The molecule has 0 saturated heterocycles. The van der Waals surface area contributed by atoms with Crippen molar-refractivity contribution in [2.75, 3.05) is 5.32 Å². The van der Waals surface area contributed by atoms with Crippen LogP contribution in [-0.2, 0) is 11.3 Å². The van der Waals surface area contributed by atoms with E-state index in [0.717, 1.165) is 16.5 Å². The number of hydrogen-bond acceptors (Lipinski definition) is 1. The van der Waals surface area contributed by atoms with E-state index >= 15 is 0 Å². The molecule has 0 aliphatic rings. The van der Waals surface area contributed by atoms with Gasteiger partial charge in [-0.05, 0) is 42.1 Å². The number of fused-ring (bicyclic) bond motifs is 1. The highest BCUT2D eigenvalue weighted by atomic mass is 19.1. The molecule has 4 heteroatoms. The molecule has 3 nitrogen and oxygen atoms in total. The van der Waals surface area contributed by atoms with Crippen molar-refractivity contribution in [1.82, 2.24) is 4.57 Å². The van der Waals surface area contributed by atoms with Crippen LogP contribution in [0.4, 0.5) is 10.1 Å². The number of nitrogens with zero attached hydrogens (tertiary/aromatic N) is 1. The Morgan fingerprint density at radius 2 is 2.00 bits per heavy atom. The molecule has 0 aliphatic carbocycles. The summed E-state index contributed by atoms with van der Waals surface area (Å²) in [6.07, 6.45) is 1.87. The van der Waals surface area contributed by atoms with E-state index in [4.69, 9.17) is 0 Å². The van der Waals surface area contributed by atoms with Gasteiger partial charge in [0.2, 0.25) is 5.91 Å². The summed E-state index contributed by atoms with van der Waals surface area (Å²) in [6, 6.07) is 14.2. The van der Waals surface area contributed by atoms with Gasteiger partial charge in [-0.3, -0.25) is 4.79 Å². The third kappa shape index (κ3) is 2.79.